The minimum Gasteiger partial charge on any atom is -0.507 e. The second-order valence-electron chi connectivity index (χ2n) is 7.67. The topological polar surface area (TPSA) is 140 Å². The summed E-state index contributed by atoms with van der Waals surface area (Å²) < 4.78 is 28.5. The lowest BCUT2D eigenvalue weighted by Crippen LogP contribution is -2.29. The highest BCUT2D eigenvalue weighted by molar-refractivity contribution is 7.89. The molecule has 2 heterocycles. The van der Waals surface area contributed by atoms with Crippen LogP contribution >= 0.6 is 0 Å². The Hall–Kier alpha value is -4.02. The van der Waals surface area contributed by atoms with Gasteiger partial charge in [0, 0.05) is 23.6 Å². The first-order valence-corrected chi connectivity index (χ1v) is 11.7. The van der Waals surface area contributed by atoms with Crippen molar-refractivity contribution in [2.24, 2.45) is 5.14 Å². The molecule has 1 fully saturated rings. The molecule has 1 saturated heterocycles. The number of aliphatic hydroxyl groups excluding tert-OH is 1. The minimum absolute atomic E-state index is 0.0972. The molecule has 1 amide bonds. The van der Waals surface area contributed by atoms with E-state index in [4.69, 9.17) is 9.88 Å². The van der Waals surface area contributed by atoms with Crippen LogP contribution in [0.15, 0.2) is 77.5 Å². The van der Waals surface area contributed by atoms with Crippen LogP contribution in [0.1, 0.15) is 22.7 Å². The van der Waals surface area contributed by atoms with Crippen LogP contribution in [-0.2, 0) is 19.6 Å². The highest BCUT2D eigenvalue weighted by Crippen LogP contribution is 2.42. The molecule has 1 unspecified atom stereocenters. The third kappa shape index (κ3) is 4.04. The number of pyridine rings is 1. The quantitative estimate of drug-likeness (QED) is 0.326. The number of ether oxygens (including phenoxy) is 1. The van der Waals surface area contributed by atoms with Gasteiger partial charge in [-0.25, -0.2) is 13.6 Å². The largest absolute Gasteiger partial charge is 0.507 e. The SMILES string of the molecule is COc1ccc(/C(O)=C2/C(=O)C(=O)N(c3ccc(S(N)(=O)=O)cc3)C2c2ccncc2)c(C)c1. The number of aryl methyl sites for hydroxylation is 1. The number of amides is 1. The number of hydrogen-bond acceptors (Lipinski definition) is 7. The minimum atomic E-state index is -3.94. The first-order chi connectivity index (χ1) is 16.1. The second kappa shape index (κ2) is 8.73. The Morgan fingerprint density at radius 3 is 2.26 bits per heavy atom. The summed E-state index contributed by atoms with van der Waals surface area (Å²) in [5.41, 5.74) is 1.73. The Balaban J connectivity index is 1.92. The second-order valence-corrected chi connectivity index (χ2v) is 9.23. The summed E-state index contributed by atoms with van der Waals surface area (Å²) in [5.74, 6) is -1.48. The average Bonchev–Trinajstić information content (AvgIpc) is 3.09. The van der Waals surface area contributed by atoms with Crippen LogP contribution in [-0.4, -0.2) is 37.3 Å². The molecule has 0 radical (unpaired) electrons. The number of hydrogen-bond donors (Lipinski definition) is 2. The van der Waals surface area contributed by atoms with Crippen molar-refractivity contribution in [1.82, 2.24) is 4.98 Å². The molecule has 0 aliphatic carbocycles. The maximum atomic E-state index is 13.2. The Morgan fingerprint density at radius 1 is 1.06 bits per heavy atom. The molecule has 2 aromatic carbocycles. The summed E-state index contributed by atoms with van der Waals surface area (Å²) in [6.45, 7) is 1.75. The van der Waals surface area contributed by atoms with Gasteiger partial charge in [-0.2, -0.15) is 0 Å². The van der Waals surface area contributed by atoms with Gasteiger partial charge < -0.3 is 9.84 Å². The van der Waals surface area contributed by atoms with Crippen LogP contribution < -0.4 is 14.8 Å². The van der Waals surface area contributed by atoms with Crippen LogP contribution in [0, 0.1) is 6.92 Å². The van der Waals surface area contributed by atoms with E-state index in [2.05, 4.69) is 4.98 Å². The monoisotopic (exact) mass is 479 g/mol. The van der Waals surface area contributed by atoms with Gasteiger partial charge in [-0.1, -0.05) is 0 Å². The zero-order valence-electron chi connectivity index (χ0n) is 18.3. The smallest absolute Gasteiger partial charge is 0.300 e. The zero-order valence-corrected chi connectivity index (χ0v) is 19.1. The number of primary sulfonamides is 1. The van der Waals surface area contributed by atoms with Crippen LogP contribution in [0.4, 0.5) is 5.69 Å². The molecule has 0 saturated carbocycles. The van der Waals surface area contributed by atoms with Gasteiger partial charge in [0.2, 0.25) is 10.0 Å². The van der Waals surface area contributed by atoms with E-state index >= 15 is 0 Å². The van der Waals surface area contributed by atoms with Gasteiger partial charge in [-0.05, 0) is 72.6 Å². The third-order valence-corrected chi connectivity index (χ3v) is 6.53. The number of Topliss-reactive ketones (excluding diaryl/α,β-unsaturated/α-hetero) is 1. The van der Waals surface area contributed by atoms with Crippen LogP contribution in [0.3, 0.4) is 0 Å². The predicted octanol–water partition coefficient (Wildman–Crippen LogP) is 2.67. The Labute approximate surface area is 196 Å². The highest BCUT2D eigenvalue weighted by atomic mass is 32.2. The maximum Gasteiger partial charge on any atom is 0.300 e. The first-order valence-electron chi connectivity index (χ1n) is 10.1. The summed E-state index contributed by atoms with van der Waals surface area (Å²) in [6, 6.07) is 12.5. The Morgan fingerprint density at radius 2 is 1.71 bits per heavy atom. The van der Waals surface area contributed by atoms with Gasteiger partial charge in [-0.3, -0.25) is 19.5 Å². The van der Waals surface area contributed by atoms with Crippen molar-refractivity contribution in [2.75, 3.05) is 12.0 Å². The van der Waals surface area contributed by atoms with E-state index in [1.807, 2.05) is 0 Å². The van der Waals surface area contributed by atoms with Crippen molar-refractivity contribution in [3.63, 3.8) is 0 Å². The van der Waals surface area contributed by atoms with Gasteiger partial charge in [0.15, 0.2) is 0 Å². The predicted molar refractivity (Wildman–Crippen MR) is 125 cm³/mol. The van der Waals surface area contributed by atoms with Crippen molar-refractivity contribution < 1.29 is 27.9 Å². The zero-order chi connectivity index (χ0) is 24.6. The fourth-order valence-electron chi connectivity index (χ4n) is 3.93. The lowest BCUT2D eigenvalue weighted by molar-refractivity contribution is -0.132. The number of sulfonamides is 1. The van der Waals surface area contributed by atoms with Crippen LogP contribution in [0.5, 0.6) is 5.75 Å². The van der Waals surface area contributed by atoms with Crippen molar-refractivity contribution in [2.45, 2.75) is 17.9 Å². The van der Waals surface area contributed by atoms with E-state index in [1.165, 1.54) is 48.7 Å². The number of nitrogens with zero attached hydrogens (tertiary/aromatic N) is 2. The fourth-order valence-corrected chi connectivity index (χ4v) is 4.45. The van der Waals surface area contributed by atoms with Gasteiger partial charge in [0.25, 0.3) is 11.7 Å². The number of nitrogens with two attached hydrogens (primary N) is 1. The molecular weight excluding hydrogens is 458 g/mol. The number of rotatable bonds is 5. The number of anilines is 1. The summed E-state index contributed by atoms with van der Waals surface area (Å²) in [7, 11) is -2.42. The summed E-state index contributed by atoms with van der Waals surface area (Å²) in [6.07, 6.45) is 3.02. The number of aliphatic hydroxyl groups is 1. The molecule has 4 rings (SSSR count). The van der Waals surface area contributed by atoms with Gasteiger partial charge >= 0.3 is 0 Å². The van der Waals surface area contributed by atoms with E-state index < -0.39 is 27.8 Å². The molecule has 34 heavy (non-hydrogen) atoms. The lowest BCUT2D eigenvalue weighted by Gasteiger charge is -2.25. The number of benzene rings is 2. The van der Waals surface area contributed by atoms with Crippen molar-refractivity contribution in [3.05, 3.63) is 89.3 Å². The molecule has 10 heteroatoms. The van der Waals surface area contributed by atoms with E-state index in [9.17, 15) is 23.1 Å². The molecule has 174 valence electrons. The number of ketones is 1. The molecule has 0 bridgehead atoms. The molecule has 1 aliphatic rings. The van der Waals surface area contributed by atoms with E-state index in [0.717, 1.165) is 0 Å². The molecule has 1 aromatic heterocycles. The van der Waals surface area contributed by atoms with E-state index in [0.29, 0.717) is 22.4 Å². The number of carbonyl (C=O) groups excluding carboxylic acids is 2. The van der Waals surface area contributed by atoms with Crippen molar-refractivity contribution in [1.29, 1.82) is 0 Å². The average molecular weight is 480 g/mol. The summed E-state index contributed by atoms with van der Waals surface area (Å²) in [4.78, 5) is 31.4. The molecule has 1 atom stereocenters. The molecular formula is C24H21N3O6S. The van der Waals surface area contributed by atoms with E-state index in [-0.39, 0.29) is 21.9 Å². The van der Waals surface area contributed by atoms with Crippen molar-refractivity contribution >= 4 is 33.2 Å². The third-order valence-electron chi connectivity index (χ3n) is 5.60. The molecule has 3 N–H and O–H groups in total. The number of carbonyl (C=O) groups is 2. The first kappa shape index (κ1) is 23.1. The lowest BCUT2D eigenvalue weighted by atomic mass is 9.94. The molecule has 3 aromatic rings. The molecule has 9 nitrogen and oxygen atoms in total. The fraction of sp³-hybridized carbons (Fsp3) is 0.125. The normalized spacial score (nSPS) is 17.7. The molecule has 0 spiro atoms. The standard InChI is InChI=1S/C24H21N3O6S/c1-14-13-17(33-2)5-8-19(14)22(28)20-21(15-9-11-26-12-10-15)27(24(30)23(20)29)16-3-6-18(7-4-16)34(25,31)32/h3-13,21,28H,1-2H3,(H2,25,31,32)/b22-20-. The van der Waals surface area contributed by atoms with Crippen LogP contribution in [0.25, 0.3) is 5.76 Å². The molecule has 1 aliphatic heterocycles. The Bertz CT molecular complexity index is 1420. The van der Waals surface area contributed by atoms with Crippen LogP contribution in [0.2, 0.25) is 0 Å². The van der Waals surface area contributed by atoms with Gasteiger partial charge in [0.05, 0.1) is 23.6 Å². The summed E-state index contributed by atoms with van der Waals surface area (Å²) >= 11 is 0. The maximum absolute atomic E-state index is 13.2. The highest BCUT2D eigenvalue weighted by Gasteiger charge is 2.47. The van der Waals surface area contributed by atoms with Crippen molar-refractivity contribution in [3.8, 4) is 5.75 Å². The van der Waals surface area contributed by atoms with Gasteiger partial charge in [-0.15, -0.1) is 0 Å². The Kier molecular flexibility index (Phi) is 5.94. The van der Waals surface area contributed by atoms with Gasteiger partial charge in [0.1, 0.15) is 11.5 Å². The number of methoxy groups -OCH3 is 1. The van der Waals surface area contributed by atoms with E-state index in [1.54, 1.807) is 37.3 Å². The summed E-state index contributed by atoms with van der Waals surface area (Å²) in [5, 5.41) is 16.4. The number of aromatic nitrogens is 1.